The van der Waals surface area contributed by atoms with Crippen LogP contribution in [0.5, 0.6) is 0 Å². The molecule has 7 aromatic rings. The molecule has 0 saturated heterocycles. The molecule has 1 aromatic heterocycles. The Labute approximate surface area is 251 Å². The Hall–Kier alpha value is -5.72. The van der Waals surface area contributed by atoms with E-state index in [0.717, 1.165) is 44.3 Å². The third-order valence-electron chi connectivity index (χ3n) is 8.18. The summed E-state index contributed by atoms with van der Waals surface area (Å²) in [6, 6.07) is 49.0. The third-order valence-corrected chi connectivity index (χ3v) is 8.18. The number of anilines is 3. The van der Waals surface area contributed by atoms with E-state index in [1.165, 1.54) is 27.8 Å². The number of aromatic nitrogens is 1. The number of aryl methyl sites for hydroxylation is 2. The molecule has 3 heteroatoms. The number of benzene rings is 6. The van der Waals surface area contributed by atoms with Crippen molar-refractivity contribution in [1.29, 1.82) is 5.26 Å². The van der Waals surface area contributed by atoms with E-state index in [4.69, 9.17) is 0 Å². The first-order chi connectivity index (χ1) is 21.1. The van der Waals surface area contributed by atoms with Crippen LogP contribution in [0.25, 0.3) is 43.9 Å². The van der Waals surface area contributed by atoms with Crippen molar-refractivity contribution in [1.82, 2.24) is 4.98 Å². The van der Waals surface area contributed by atoms with Gasteiger partial charge in [0.25, 0.3) is 0 Å². The molecule has 204 valence electrons. The normalized spacial score (nSPS) is 11.0. The number of hydrogen-bond donors (Lipinski definition) is 0. The van der Waals surface area contributed by atoms with Gasteiger partial charge < -0.3 is 4.90 Å². The molecule has 0 N–H and O–H groups in total. The number of rotatable bonds is 5. The molecule has 0 aliphatic carbocycles. The number of pyridine rings is 1. The lowest BCUT2D eigenvalue weighted by molar-refractivity contribution is 1.29. The Balaban J connectivity index is 1.53. The van der Waals surface area contributed by atoms with Gasteiger partial charge in [0.2, 0.25) is 0 Å². The summed E-state index contributed by atoms with van der Waals surface area (Å²) >= 11 is 0. The van der Waals surface area contributed by atoms with Crippen molar-refractivity contribution in [2.75, 3.05) is 4.90 Å². The Morgan fingerprint density at radius 3 is 1.98 bits per heavy atom. The number of fused-ring (bicyclic) bond motifs is 2. The summed E-state index contributed by atoms with van der Waals surface area (Å²) in [6.07, 6.45) is 1.82. The fourth-order valence-corrected chi connectivity index (χ4v) is 5.97. The Kier molecular flexibility index (Phi) is 6.66. The van der Waals surface area contributed by atoms with E-state index in [9.17, 15) is 5.26 Å². The first-order valence-electron chi connectivity index (χ1n) is 14.4. The SMILES string of the molecule is Cc1ccccc1-c1ccc2c(N(c3ccc(C#N)cc3)c3ccc4ncccc4c3)cc(-c3ccccc3C)cc2c1. The standard InChI is InChI=1S/C40H29N3/c1-27-8-3-5-11-36(27)30-15-19-38-32(22-30)23-33(37-12-6-4-9-28(37)2)25-40(38)43(34-16-13-29(26-41)14-17-34)35-18-20-39-31(24-35)10-7-21-42-39/h3-25H,1-2H3. The Morgan fingerprint density at radius 2 is 1.26 bits per heavy atom. The zero-order chi connectivity index (χ0) is 29.3. The Bertz CT molecular complexity index is 2170. The van der Waals surface area contributed by atoms with Crippen molar-refractivity contribution >= 4 is 38.7 Å². The number of hydrogen-bond acceptors (Lipinski definition) is 3. The van der Waals surface area contributed by atoms with Gasteiger partial charge in [-0.25, -0.2) is 0 Å². The summed E-state index contributed by atoms with van der Waals surface area (Å²) in [5.74, 6) is 0. The van der Waals surface area contributed by atoms with E-state index in [1.807, 2.05) is 36.5 Å². The molecule has 43 heavy (non-hydrogen) atoms. The minimum atomic E-state index is 0.632. The maximum absolute atomic E-state index is 9.52. The van der Waals surface area contributed by atoms with Crippen LogP contribution in [-0.4, -0.2) is 4.98 Å². The molecule has 0 radical (unpaired) electrons. The molecule has 0 atom stereocenters. The summed E-state index contributed by atoms with van der Waals surface area (Å²) in [4.78, 5) is 6.85. The number of nitriles is 1. The van der Waals surface area contributed by atoms with Crippen molar-refractivity contribution < 1.29 is 0 Å². The average molecular weight is 552 g/mol. The lowest BCUT2D eigenvalue weighted by Crippen LogP contribution is -2.11. The van der Waals surface area contributed by atoms with E-state index in [2.05, 4.69) is 133 Å². The first-order valence-corrected chi connectivity index (χ1v) is 14.4. The second-order valence-electron chi connectivity index (χ2n) is 10.9. The van der Waals surface area contributed by atoms with Crippen LogP contribution in [0.15, 0.2) is 140 Å². The number of nitrogens with zero attached hydrogens (tertiary/aromatic N) is 3. The van der Waals surface area contributed by atoms with Crippen LogP contribution in [0, 0.1) is 25.2 Å². The maximum atomic E-state index is 9.52. The lowest BCUT2D eigenvalue weighted by Gasteiger charge is -2.28. The highest BCUT2D eigenvalue weighted by molar-refractivity contribution is 6.04. The van der Waals surface area contributed by atoms with Gasteiger partial charge in [-0.05, 0) is 119 Å². The quantitative estimate of drug-likeness (QED) is 0.214. The van der Waals surface area contributed by atoms with Gasteiger partial charge in [0.15, 0.2) is 0 Å². The van der Waals surface area contributed by atoms with Crippen LogP contribution in [-0.2, 0) is 0 Å². The molecule has 0 amide bonds. The molecule has 0 saturated carbocycles. The minimum absolute atomic E-state index is 0.632. The van der Waals surface area contributed by atoms with Gasteiger partial charge in [-0.2, -0.15) is 5.26 Å². The van der Waals surface area contributed by atoms with E-state index < -0.39 is 0 Å². The van der Waals surface area contributed by atoms with Gasteiger partial charge in [-0.3, -0.25) is 4.98 Å². The topological polar surface area (TPSA) is 39.9 Å². The fraction of sp³-hybridized carbons (Fsp3) is 0.0500. The molecule has 3 nitrogen and oxygen atoms in total. The smallest absolute Gasteiger partial charge is 0.0991 e. The predicted molar refractivity (Wildman–Crippen MR) is 179 cm³/mol. The van der Waals surface area contributed by atoms with Crippen LogP contribution in [0.4, 0.5) is 17.1 Å². The van der Waals surface area contributed by atoms with Crippen molar-refractivity contribution in [3.63, 3.8) is 0 Å². The molecule has 0 bridgehead atoms. The molecule has 0 aliphatic rings. The molecule has 0 aliphatic heterocycles. The summed E-state index contributed by atoms with van der Waals surface area (Å²) < 4.78 is 0. The van der Waals surface area contributed by atoms with Gasteiger partial charge in [-0.15, -0.1) is 0 Å². The molecule has 7 rings (SSSR count). The highest BCUT2D eigenvalue weighted by atomic mass is 15.1. The second-order valence-corrected chi connectivity index (χ2v) is 10.9. The van der Waals surface area contributed by atoms with E-state index in [1.54, 1.807) is 0 Å². The van der Waals surface area contributed by atoms with Crippen LogP contribution < -0.4 is 4.90 Å². The van der Waals surface area contributed by atoms with Gasteiger partial charge in [0.05, 0.1) is 22.8 Å². The fourth-order valence-electron chi connectivity index (χ4n) is 5.97. The zero-order valence-corrected chi connectivity index (χ0v) is 24.1. The summed E-state index contributed by atoms with van der Waals surface area (Å²) in [5.41, 5.74) is 11.9. The summed E-state index contributed by atoms with van der Waals surface area (Å²) in [5, 5.41) is 12.9. The molecular weight excluding hydrogens is 522 g/mol. The average Bonchev–Trinajstić information content (AvgIpc) is 3.05. The summed E-state index contributed by atoms with van der Waals surface area (Å²) in [6.45, 7) is 4.33. The van der Waals surface area contributed by atoms with E-state index in [0.29, 0.717) is 5.56 Å². The minimum Gasteiger partial charge on any atom is -0.310 e. The van der Waals surface area contributed by atoms with Gasteiger partial charge in [-0.1, -0.05) is 66.7 Å². The van der Waals surface area contributed by atoms with Crippen LogP contribution in [0.1, 0.15) is 16.7 Å². The molecule has 0 unspecified atom stereocenters. The maximum Gasteiger partial charge on any atom is 0.0991 e. The largest absolute Gasteiger partial charge is 0.310 e. The van der Waals surface area contributed by atoms with Gasteiger partial charge >= 0.3 is 0 Å². The zero-order valence-electron chi connectivity index (χ0n) is 24.1. The highest BCUT2D eigenvalue weighted by Crippen LogP contribution is 2.43. The third kappa shape index (κ3) is 4.90. The summed E-state index contributed by atoms with van der Waals surface area (Å²) in [7, 11) is 0. The van der Waals surface area contributed by atoms with Crippen LogP contribution in [0.2, 0.25) is 0 Å². The van der Waals surface area contributed by atoms with E-state index in [-0.39, 0.29) is 0 Å². The van der Waals surface area contributed by atoms with Crippen LogP contribution in [0.3, 0.4) is 0 Å². The highest BCUT2D eigenvalue weighted by Gasteiger charge is 2.19. The van der Waals surface area contributed by atoms with Crippen molar-refractivity contribution in [3.8, 4) is 28.3 Å². The monoisotopic (exact) mass is 551 g/mol. The lowest BCUT2D eigenvalue weighted by atomic mass is 9.93. The van der Waals surface area contributed by atoms with E-state index >= 15 is 0 Å². The molecule has 0 fully saturated rings. The first kappa shape index (κ1) is 26.2. The van der Waals surface area contributed by atoms with Crippen LogP contribution >= 0.6 is 0 Å². The van der Waals surface area contributed by atoms with Crippen molar-refractivity contribution in [3.05, 3.63) is 156 Å². The molecule has 6 aromatic carbocycles. The van der Waals surface area contributed by atoms with Gasteiger partial charge in [0, 0.05) is 28.3 Å². The Morgan fingerprint density at radius 1 is 0.581 bits per heavy atom. The molecule has 0 spiro atoms. The van der Waals surface area contributed by atoms with Gasteiger partial charge in [0.1, 0.15) is 0 Å². The molecular formula is C40H29N3. The molecule has 1 heterocycles. The predicted octanol–water partition coefficient (Wildman–Crippen LogP) is 10.7. The van der Waals surface area contributed by atoms with Crippen molar-refractivity contribution in [2.45, 2.75) is 13.8 Å². The second kappa shape index (κ2) is 10.9. The van der Waals surface area contributed by atoms with Crippen molar-refractivity contribution in [2.24, 2.45) is 0 Å².